The Kier molecular flexibility index (Phi) is 1.47. The molecule has 0 aliphatic heterocycles. The van der Waals surface area contributed by atoms with Crippen molar-refractivity contribution in [3.63, 3.8) is 0 Å². The van der Waals surface area contributed by atoms with E-state index in [1.54, 1.807) is 0 Å². The van der Waals surface area contributed by atoms with E-state index in [4.69, 9.17) is 10.2 Å². The Morgan fingerprint density at radius 3 is 2.71 bits per heavy atom. The molecule has 2 N–H and O–H groups in total. The molecule has 1 aromatic heterocycles. The number of hydrogen-bond acceptors (Lipinski definition) is 3. The summed E-state index contributed by atoms with van der Waals surface area (Å²) in [6.45, 7) is 0. The summed E-state index contributed by atoms with van der Waals surface area (Å²) in [4.78, 5) is 4.41. The highest BCUT2D eigenvalue weighted by Crippen LogP contribution is 2.39. The quantitative estimate of drug-likeness (QED) is 0.746. The summed E-state index contributed by atoms with van der Waals surface area (Å²) >= 11 is 0. The molecule has 0 radical (unpaired) electrons. The molecule has 0 atom stereocenters. The lowest BCUT2D eigenvalue weighted by Crippen LogP contribution is -2.43. The Bertz CT molecular complexity index is 438. The number of nitrogens with zero attached hydrogens (tertiary/aromatic N) is 1. The fourth-order valence-corrected chi connectivity index (χ4v) is 1.86. The van der Waals surface area contributed by atoms with Crippen LogP contribution in [0.25, 0.3) is 11.1 Å². The van der Waals surface area contributed by atoms with Crippen molar-refractivity contribution in [2.75, 3.05) is 0 Å². The monoisotopic (exact) mass is 188 g/mol. The van der Waals surface area contributed by atoms with Crippen molar-refractivity contribution >= 4 is 11.1 Å². The van der Waals surface area contributed by atoms with Gasteiger partial charge >= 0.3 is 0 Å². The van der Waals surface area contributed by atoms with Gasteiger partial charge in [0.25, 0.3) is 0 Å². The van der Waals surface area contributed by atoms with Crippen molar-refractivity contribution in [2.24, 2.45) is 5.73 Å². The summed E-state index contributed by atoms with van der Waals surface area (Å²) in [5.41, 5.74) is 7.57. The van der Waals surface area contributed by atoms with Crippen LogP contribution in [0.4, 0.5) is 0 Å². The van der Waals surface area contributed by atoms with Crippen LogP contribution in [-0.2, 0) is 5.54 Å². The van der Waals surface area contributed by atoms with Crippen LogP contribution >= 0.6 is 0 Å². The number of fused-ring (bicyclic) bond motifs is 1. The predicted octanol–water partition coefficient (Wildman–Crippen LogP) is 2.17. The van der Waals surface area contributed by atoms with Gasteiger partial charge in [-0.25, -0.2) is 4.98 Å². The zero-order valence-corrected chi connectivity index (χ0v) is 7.86. The minimum atomic E-state index is -0.293. The Balaban J connectivity index is 2.14. The van der Waals surface area contributed by atoms with Crippen LogP contribution in [0.3, 0.4) is 0 Å². The van der Waals surface area contributed by atoms with E-state index >= 15 is 0 Å². The molecular formula is C11H12N2O. The lowest BCUT2D eigenvalue weighted by atomic mass is 9.78. The van der Waals surface area contributed by atoms with Gasteiger partial charge in [0, 0.05) is 0 Å². The summed E-state index contributed by atoms with van der Waals surface area (Å²) in [5.74, 6) is 0.699. The van der Waals surface area contributed by atoms with Gasteiger partial charge in [-0.15, -0.1) is 0 Å². The first-order valence-corrected chi connectivity index (χ1v) is 4.93. The lowest BCUT2D eigenvalue weighted by molar-refractivity contribution is 0.203. The first-order chi connectivity index (χ1) is 6.78. The Morgan fingerprint density at radius 1 is 1.29 bits per heavy atom. The van der Waals surface area contributed by atoms with Crippen LogP contribution in [0.2, 0.25) is 0 Å². The van der Waals surface area contributed by atoms with Gasteiger partial charge in [0.05, 0.1) is 5.54 Å². The molecule has 1 aromatic carbocycles. The topological polar surface area (TPSA) is 52.0 Å². The average molecular weight is 188 g/mol. The van der Waals surface area contributed by atoms with E-state index in [9.17, 15) is 0 Å². The van der Waals surface area contributed by atoms with Crippen LogP contribution in [-0.4, -0.2) is 4.98 Å². The van der Waals surface area contributed by atoms with Gasteiger partial charge in [-0.2, -0.15) is 0 Å². The van der Waals surface area contributed by atoms with Crippen LogP contribution in [0.15, 0.2) is 28.7 Å². The number of para-hydroxylation sites is 2. The minimum absolute atomic E-state index is 0.293. The summed E-state index contributed by atoms with van der Waals surface area (Å²) < 4.78 is 5.64. The van der Waals surface area contributed by atoms with Gasteiger partial charge in [0.1, 0.15) is 5.52 Å². The van der Waals surface area contributed by atoms with Crippen LogP contribution in [0.1, 0.15) is 25.2 Å². The predicted molar refractivity (Wildman–Crippen MR) is 53.7 cm³/mol. The van der Waals surface area contributed by atoms with E-state index in [0.717, 1.165) is 23.9 Å². The minimum Gasteiger partial charge on any atom is -0.439 e. The molecule has 1 heterocycles. The van der Waals surface area contributed by atoms with E-state index in [1.807, 2.05) is 24.3 Å². The smallest absolute Gasteiger partial charge is 0.215 e. The Hall–Kier alpha value is -1.35. The summed E-state index contributed by atoms with van der Waals surface area (Å²) in [7, 11) is 0. The Morgan fingerprint density at radius 2 is 2.07 bits per heavy atom. The highest BCUT2D eigenvalue weighted by atomic mass is 16.4. The molecule has 1 aliphatic rings. The molecule has 3 rings (SSSR count). The standard InChI is InChI=1S/C11H12N2O/c12-11(6-3-7-11)10-13-8-4-1-2-5-9(8)14-10/h1-2,4-5H,3,6-7,12H2. The maximum atomic E-state index is 6.13. The summed E-state index contributed by atoms with van der Waals surface area (Å²) in [6, 6.07) is 7.78. The van der Waals surface area contributed by atoms with Crippen molar-refractivity contribution in [1.29, 1.82) is 0 Å². The zero-order chi connectivity index (χ0) is 9.60. The maximum Gasteiger partial charge on any atom is 0.215 e. The molecule has 1 aliphatic carbocycles. The SMILES string of the molecule is NC1(c2nc3ccccc3o2)CCC1. The molecule has 1 fully saturated rings. The van der Waals surface area contributed by atoms with Crippen LogP contribution in [0, 0.1) is 0 Å². The molecule has 72 valence electrons. The molecule has 3 heteroatoms. The van der Waals surface area contributed by atoms with Gasteiger partial charge in [-0.05, 0) is 31.4 Å². The van der Waals surface area contributed by atoms with Crippen molar-refractivity contribution in [3.8, 4) is 0 Å². The van der Waals surface area contributed by atoms with Crippen molar-refractivity contribution in [3.05, 3.63) is 30.2 Å². The number of aromatic nitrogens is 1. The molecule has 0 spiro atoms. The fourth-order valence-electron chi connectivity index (χ4n) is 1.86. The van der Waals surface area contributed by atoms with E-state index in [2.05, 4.69) is 4.98 Å². The van der Waals surface area contributed by atoms with Gasteiger partial charge < -0.3 is 10.2 Å². The van der Waals surface area contributed by atoms with Crippen molar-refractivity contribution in [2.45, 2.75) is 24.8 Å². The fraction of sp³-hybridized carbons (Fsp3) is 0.364. The molecule has 0 bridgehead atoms. The lowest BCUT2D eigenvalue weighted by Gasteiger charge is -2.34. The van der Waals surface area contributed by atoms with Gasteiger partial charge in [-0.1, -0.05) is 12.1 Å². The second-order valence-corrected chi connectivity index (χ2v) is 4.00. The zero-order valence-electron chi connectivity index (χ0n) is 7.86. The summed E-state index contributed by atoms with van der Waals surface area (Å²) in [6.07, 6.45) is 3.15. The normalized spacial score (nSPS) is 19.5. The third-order valence-electron chi connectivity index (χ3n) is 2.97. The van der Waals surface area contributed by atoms with Crippen molar-refractivity contribution in [1.82, 2.24) is 4.98 Å². The molecule has 0 unspecified atom stereocenters. The van der Waals surface area contributed by atoms with Gasteiger partial charge in [0.15, 0.2) is 5.58 Å². The van der Waals surface area contributed by atoms with Gasteiger partial charge in [0.2, 0.25) is 5.89 Å². The number of benzene rings is 1. The van der Waals surface area contributed by atoms with Crippen LogP contribution < -0.4 is 5.73 Å². The number of hydrogen-bond donors (Lipinski definition) is 1. The maximum absolute atomic E-state index is 6.13. The first kappa shape index (κ1) is 8.00. The van der Waals surface area contributed by atoms with Crippen LogP contribution in [0.5, 0.6) is 0 Å². The second-order valence-electron chi connectivity index (χ2n) is 4.00. The third-order valence-corrected chi connectivity index (χ3v) is 2.97. The molecule has 14 heavy (non-hydrogen) atoms. The second kappa shape index (κ2) is 2.58. The van der Waals surface area contributed by atoms with E-state index in [0.29, 0.717) is 5.89 Å². The molecular weight excluding hydrogens is 176 g/mol. The molecule has 2 aromatic rings. The summed E-state index contributed by atoms with van der Waals surface area (Å²) in [5, 5.41) is 0. The highest BCUT2D eigenvalue weighted by Gasteiger charge is 2.39. The molecule has 0 amide bonds. The largest absolute Gasteiger partial charge is 0.439 e. The third kappa shape index (κ3) is 0.990. The Labute approximate surface area is 81.9 Å². The number of nitrogens with two attached hydrogens (primary N) is 1. The highest BCUT2D eigenvalue weighted by molar-refractivity contribution is 5.72. The first-order valence-electron chi connectivity index (χ1n) is 4.93. The van der Waals surface area contributed by atoms with E-state index < -0.39 is 0 Å². The molecule has 1 saturated carbocycles. The van der Waals surface area contributed by atoms with Crippen molar-refractivity contribution < 1.29 is 4.42 Å². The van der Waals surface area contributed by atoms with Gasteiger partial charge in [-0.3, -0.25) is 0 Å². The van der Waals surface area contributed by atoms with E-state index in [-0.39, 0.29) is 5.54 Å². The molecule has 3 nitrogen and oxygen atoms in total. The number of rotatable bonds is 1. The molecule has 0 saturated heterocycles. The average Bonchev–Trinajstić information content (AvgIpc) is 2.57. The number of oxazole rings is 1. The van der Waals surface area contributed by atoms with E-state index in [1.165, 1.54) is 6.42 Å².